The molecule has 2 rings (SSSR count). The van der Waals surface area contributed by atoms with Crippen LogP contribution in [0, 0.1) is 0 Å². The van der Waals surface area contributed by atoms with Crippen LogP contribution in [0.1, 0.15) is 12.8 Å². The molecule has 0 aromatic rings. The lowest BCUT2D eigenvalue weighted by atomic mass is 10.0. The first-order chi connectivity index (χ1) is 4.97. The molecule has 2 aliphatic heterocycles. The van der Waals surface area contributed by atoms with Crippen molar-refractivity contribution in [3.8, 4) is 0 Å². The Balaban J connectivity index is 2.33. The molecule has 1 N–H and O–H groups in total. The molecule has 0 aliphatic carbocycles. The van der Waals surface area contributed by atoms with Gasteiger partial charge in [0.05, 0.1) is 5.70 Å². The lowest BCUT2D eigenvalue weighted by Crippen LogP contribution is -2.13. The molecular weight excluding hydrogens is 124 g/mol. The highest BCUT2D eigenvalue weighted by molar-refractivity contribution is 5.64. The molecule has 0 unspecified atom stereocenters. The normalized spacial score (nSPS) is 22.4. The molecule has 0 radical (unpaired) electrons. The van der Waals surface area contributed by atoms with E-state index in [4.69, 9.17) is 0 Å². The standard InChI is InChI=1S/C8H10N2/c1-2-7-6-9-5-3-8(7)10-4-1/h3-4,6,9H,1-2,5H2. The van der Waals surface area contributed by atoms with E-state index in [9.17, 15) is 0 Å². The van der Waals surface area contributed by atoms with Gasteiger partial charge in [-0.25, -0.2) is 0 Å². The summed E-state index contributed by atoms with van der Waals surface area (Å²) in [5.41, 5.74) is 2.53. The Hall–Kier alpha value is -1.05. The van der Waals surface area contributed by atoms with Crippen LogP contribution in [0.25, 0.3) is 0 Å². The molecule has 0 aromatic carbocycles. The maximum atomic E-state index is 4.28. The van der Waals surface area contributed by atoms with Gasteiger partial charge in [-0.15, -0.1) is 0 Å². The summed E-state index contributed by atoms with van der Waals surface area (Å²) < 4.78 is 0. The number of aliphatic imine (C=N–C) groups is 1. The van der Waals surface area contributed by atoms with Crippen molar-refractivity contribution < 1.29 is 0 Å². The summed E-state index contributed by atoms with van der Waals surface area (Å²) in [6.07, 6.45) is 8.43. The van der Waals surface area contributed by atoms with E-state index in [-0.39, 0.29) is 0 Å². The van der Waals surface area contributed by atoms with Crippen molar-refractivity contribution in [3.05, 3.63) is 23.5 Å². The highest BCUT2D eigenvalue weighted by atomic mass is 14.9. The van der Waals surface area contributed by atoms with Crippen molar-refractivity contribution in [2.24, 2.45) is 4.99 Å². The van der Waals surface area contributed by atoms with Gasteiger partial charge in [0.25, 0.3) is 0 Å². The van der Waals surface area contributed by atoms with E-state index in [0.717, 1.165) is 19.4 Å². The van der Waals surface area contributed by atoms with Gasteiger partial charge in [0.15, 0.2) is 0 Å². The lowest BCUT2D eigenvalue weighted by molar-refractivity contribution is 0.874. The number of hydrogen-bond donors (Lipinski definition) is 1. The molecule has 2 heteroatoms. The molecule has 0 saturated carbocycles. The minimum Gasteiger partial charge on any atom is -0.387 e. The molecule has 0 saturated heterocycles. The summed E-state index contributed by atoms with van der Waals surface area (Å²) in [4.78, 5) is 4.28. The summed E-state index contributed by atoms with van der Waals surface area (Å²) in [7, 11) is 0. The Kier molecular flexibility index (Phi) is 1.31. The van der Waals surface area contributed by atoms with Crippen LogP contribution in [0.2, 0.25) is 0 Å². The Morgan fingerprint density at radius 1 is 1.50 bits per heavy atom. The monoisotopic (exact) mass is 134 g/mol. The Morgan fingerprint density at radius 3 is 3.40 bits per heavy atom. The van der Waals surface area contributed by atoms with Crippen LogP contribution in [0.3, 0.4) is 0 Å². The number of nitrogens with zero attached hydrogens (tertiary/aromatic N) is 1. The number of rotatable bonds is 0. The Morgan fingerprint density at radius 2 is 2.50 bits per heavy atom. The van der Waals surface area contributed by atoms with Gasteiger partial charge in [-0.3, -0.25) is 4.99 Å². The molecule has 52 valence electrons. The number of allylic oxidation sites excluding steroid dienone is 1. The van der Waals surface area contributed by atoms with Crippen molar-refractivity contribution in [1.82, 2.24) is 5.32 Å². The van der Waals surface area contributed by atoms with Crippen LogP contribution in [-0.4, -0.2) is 12.8 Å². The van der Waals surface area contributed by atoms with Crippen LogP contribution in [-0.2, 0) is 0 Å². The molecule has 10 heavy (non-hydrogen) atoms. The minimum absolute atomic E-state index is 0.927. The average molecular weight is 134 g/mol. The maximum Gasteiger partial charge on any atom is 0.0649 e. The van der Waals surface area contributed by atoms with Crippen molar-refractivity contribution >= 4 is 6.21 Å². The predicted octanol–water partition coefficient (Wildman–Crippen LogP) is 1.22. The first kappa shape index (κ1) is 5.71. The largest absolute Gasteiger partial charge is 0.387 e. The number of fused-ring (bicyclic) bond motifs is 1. The topological polar surface area (TPSA) is 24.4 Å². The lowest BCUT2D eigenvalue weighted by Gasteiger charge is -2.15. The van der Waals surface area contributed by atoms with Gasteiger partial charge in [-0.1, -0.05) is 0 Å². The molecule has 0 atom stereocenters. The first-order valence-corrected chi connectivity index (χ1v) is 3.62. The number of hydrogen-bond acceptors (Lipinski definition) is 2. The Labute approximate surface area is 60.3 Å². The quantitative estimate of drug-likeness (QED) is 0.529. The molecule has 2 nitrogen and oxygen atoms in total. The highest BCUT2D eigenvalue weighted by Crippen LogP contribution is 2.21. The van der Waals surface area contributed by atoms with E-state index >= 15 is 0 Å². The van der Waals surface area contributed by atoms with Gasteiger partial charge in [0.1, 0.15) is 0 Å². The molecule has 0 bridgehead atoms. The van der Waals surface area contributed by atoms with Crippen LogP contribution in [0.15, 0.2) is 28.5 Å². The van der Waals surface area contributed by atoms with Crippen molar-refractivity contribution in [3.63, 3.8) is 0 Å². The smallest absolute Gasteiger partial charge is 0.0649 e. The second-order valence-corrected chi connectivity index (χ2v) is 2.52. The fourth-order valence-corrected chi connectivity index (χ4v) is 1.26. The molecular formula is C8H10N2. The van der Waals surface area contributed by atoms with Crippen LogP contribution in [0.5, 0.6) is 0 Å². The van der Waals surface area contributed by atoms with Crippen LogP contribution < -0.4 is 5.32 Å². The SMILES string of the molecule is C1=NC2=CCNC=C2CC1. The summed E-state index contributed by atoms with van der Waals surface area (Å²) in [5, 5.41) is 3.17. The highest BCUT2D eigenvalue weighted by Gasteiger charge is 2.09. The second kappa shape index (κ2) is 2.29. The summed E-state index contributed by atoms with van der Waals surface area (Å²) in [6.45, 7) is 0.927. The third kappa shape index (κ3) is 0.856. The third-order valence-corrected chi connectivity index (χ3v) is 1.79. The van der Waals surface area contributed by atoms with E-state index in [1.54, 1.807) is 0 Å². The van der Waals surface area contributed by atoms with Gasteiger partial charge in [-0.05, 0) is 24.5 Å². The van der Waals surface area contributed by atoms with E-state index in [1.807, 2.05) is 6.21 Å². The first-order valence-electron chi connectivity index (χ1n) is 3.62. The van der Waals surface area contributed by atoms with E-state index in [0.29, 0.717) is 0 Å². The molecule has 2 aliphatic rings. The predicted molar refractivity (Wildman–Crippen MR) is 41.9 cm³/mol. The molecule has 2 heterocycles. The van der Waals surface area contributed by atoms with E-state index < -0.39 is 0 Å². The summed E-state index contributed by atoms with van der Waals surface area (Å²) in [5.74, 6) is 0. The Bertz CT molecular complexity index is 223. The van der Waals surface area contributed by atoms with Gasteiger partial charge >= 0.3 is 0 Å². The van der Waals surface area contributed by atoms with Gasteiger partial charge in [0, 0.05) is 19.0 Å². The zero-order valence-electron chi connectivity index (χ0n) is 5.80. The second-order valence-electron chi connectivity index (χ2n) is 2.52. The zero-order valence-corrected chi connectivity index (χ0v) is 5.80. The van der Waals surface area contributed by atoms with Crippen LogP contribution in [0.4, 0.5) is 0 Å². The van der Waals surface area contributed by atoms with Gasteiger partial charge in [0.2, 0.25) is 0 Å². The summed E-state index contributed by atoms with van der Waals surface area (Å²) in [6, 6.07) is 0. The zero-order chi connectivity index (χ0) is 6.81. The fraction of sp³-hybridized carbons (Fsp3) is 0.375. The molecule has 0 amide bonds. The fourth-order valence-electron chi connectivity index (χ4n) is 1.26. The minimum atomic E-state index is 0.927. The third-order valence-electron chi connectivity index (χ3n) is 1.79. The van der Waals surface area contributed by atoms with Crippen molar-refractivity contribution in [2.75, 3.05) is 6.54 Å². The van der Waals surface area contributed by atoms with E-state index in [2.05, 4.69) is 22.6 Å². The maximum absolute atomic E-state index is 4.28. The van der Waals surface area contributed by atoms with Gasteiger partial charge < -0.3 is 5.32 Å². The number of nitrogens with one attached hydrogen (secondary N) is 1. The van der Waals surface area contributed by atoms with Gasteiger partial charge in [-0.2, -0.15) is 0 Å². The van der Waals surface area contributed by atoms with Crippen molar-refractivity contribution in [1.29, 1.82) is 0 Å². The number of dihydropyridines is 1. The molecule has 0 aromatic heterocycles. The van der Waals surface area contributed by atoms with Crippen LogP contribution >= 0.6 is 0 Å². The average Bonchev–Trinajstić information content (AvgIpc) is 2.05. The van der Waals surface area contributed by atoms with E-state index in [1.165, 1.54) is 11.3 Å². The summed E-state index contributed by atoms with van der Waals surface area (Å²) >= 11 is 0. The molecule has 0 spiro atoms. The van der Waals surface area contributed by atoms with Crippen molar-refractivity contribution in [2.45, 2.75) is 12.8 Å². The molecule has 0 fully saturated rings.